The average molecular weight is 155 g/mol. The summed E-state index contributed by atoms with van der Waals surface area (Å²) in [4.78, 5) is 2.47. The largest absolute Gasteiger partial charge is 0.297 e. The Bertz CT molecular complexity index is 100. The second kappa shape index (κ2) is 3.57. The molecule has 2 unspecified atom stereocenters. The Hall–Kier alpha value is -0.0400. The monoisotopic (exact) mass is 155 g/mol. The van der Waals surface area contributed by atoms with E-state index < -0.39 is 0 Å². The molecule has 0 spiro atoms. The minimum Gasteiger partial charge on any atom is -0.297 e. The highest BCUT2D eigenvalue weighted by atomic mass is 15.4. The molecule has 0 aromatic carbocycles. The van der Waals surface area contributed by atoms with Gasteiger partial charge in [-0.15, -0.1) is 0 Å². The summed E-state index contributed by atoms with van der Waals surface area (Å²) in [6.45, 7) is 11.8. The van der Waals surface area contributed by atoms with Crippen molar-refractivity contribution in [1.29, 1.82) is 0 Å². The van der Waals surface area contributed by atoms with Gasteiger partial charge in [-0.3, -0.25) is 4.90 Å². The molecule has 66 valence electrons. The second-order valence-corrected chi connectivity index (χ2v) is 4.43. The molecule has 11 heavy (non-hydrogen) atoms. The van der Waals surface area contributed by atoms with Gasteiger partial charge < -0.3 is 0 Å². The van der Waals surface area contributed by atoms with Crippen LogP contribution in [0.2, 0.25) is 0 Å². The fourth-order valence-electron chi connectivity index (χ4n) is 0.900. The van der Waals surface area contributed by atoms with Gasteiger partial charge >= 0.3 is 0 Å². The van der Waals surface area contributed by atoms with Crippen molar-refractivity contribution < 1.29 is 0 Å². The van der Waals surface area contributed by atoms with Crippen molar-refractivity contribution in [2.75, 3.05) is 13.1 Å². The van der Waals surface area contributed by atoms with E-state index >= 15 is 0 Å². The van der Waals surface area contributed by atoms with Crippen molar-refractivity contribution in [3.05, 3.63) is 0 Å². The van der Waals surface area contributed by atoms with Gasteiger partial charge in [0.1, 0.15) is 0 Å². The van der Waals surface area contributed by atoms with Crippen molar-refractivity contribution in [2.45, 2.75) is 40.2 Å². The second-order valence-electron chi connectivity index (χ2n) is 4.43. The Kier molecular flexibility index (Phi) is 2.94. The zero-order chi connectivity index (χ0) is 8.43. The molecule has 0 aromatic heterocycles. The van der Waals surface area contributed by atoms with Crippen LogP contribution < -0.4 is 0 Å². The summed E-state index contributed by atoms with van der Waals surface area (Å²) in [6, 6.07) is 1.06. The SMILES string of the molecule is C1CN2CC12.CC(C)C(C)C. The van der Waals surface area contributed by atoms with E-state index in [0.717, 1.165) is 17.9 Å². The minimum absolute atomic E-state index is 0.852. The molecule has 2 fully saturated rings. The van der Waals surface area contributed by atoms with E-state index in [1.165, 1.54) is 19.5 Å². The standard InChI is InChI=1S/C6H14.C4H7N/c1-5(2)6(3)4;1-2-5-3-4(1)5/h5-6H,1-4H3;4H,1-3H2. The van der Waals surface area contributed by atoms with Gasteiger partial charge in [0, 0.05) is 19.1 Å². The number of hydrogen-bond acceptors (Lipinski definition) is 1. The Labute approximate surface area is 70.8 Å². The average Bonchev–Trinajstić information content (AvgIpc) is 2.40. The van der Waals surface area contributed by atoms with E-state index in [1.54, 1.807) is 0 Å². The first-order valence-electron chi connectivity index (χ1n) is 4.85. The Morgan fingerprint density at radius 2 is 1.55 bits per heavy atom. The molecule has 0 N–H and O–H groups in total. The molecule has 2 heterocycles. The highest BCUT2D eigenvalue weighted by molar-refractivity contribution is 4.98. The number of fused-ring (bicyclic) bond motifs is 1. The summed E-state index contributed by atoms with van der Waals surface area (Å²) in [6.07, 6.45) is 1.49. The van der Waals surface area contributed by atoms with Gasteiger partial charge in [0.2, 0.25) is 0 Å². The van der Waals surface area contributed by atoms with Crippen LogP contribution in [0.4, 0.5) is 0 Å². The zero-order valence-electron chi connectivity index (χ0n) is 8.30. The highest BCUT2D eigenvalue weighted by Gasteiger charge is 2.41. The topological polar surface area (TPSA) is 3.01 Å². The number of nitrogens with zero attached hydrogens (tertiary/aromatic N) is 1. The zero-order valence-corrected chi connectivity index (χ0v) is 8.30. The number of rotatable bonds is 1. The first-order chi connectivity index (χ1) is 5.11. The van der Waals surface area contributed by atoms with E-state index in [2.05, 4.69) is 32.6 Å². The fraction of sp³-hybridized carbons (Fsp3) is 1.00. The van der Waals surface area contributed by atoms with Crippen LogP contribution in [0.1, 0.15) is 34.1 Å². The predicted octanol–water partition coefficient (Wildman–Crippen LogP) is 2.37. The molecule has 1 nitrogen and oxygen atoms in total. The maximum absolute atomic E-state index is 2.47. The van der Waals surface area contributed by atoms with Gasteiger partial charge in [0.15, 0.2) is 0 Å². The lowest BCUT2D eigenvalue weighted by molar-refractivity contribution is 0.382. The van der Waals surface area contributed by atoms with Gasteiger partial charge in [0.25, 0.3) is 0 Å². The molecule has 2 atom stereocenters. The first kappa shape index (κ1) is 9.05. The fourth-order valence-corrected chi connectivity index (χ4v) is 0.900. The summed E-state index contributed by atoms with van der Waals surface area (Å²) in [5.74, 6) is 1.70. The van der Waals surface area contributed by atoms with Crippen molar-refractivity contribution in [1.82, 2.24) is 4.90 Å². The molecular formula is C10H21N. The van der Waals surface area contributed by atoms with E-state index in [-0.39, 0.29) is 0 Å². The summed E-state index contributed by atoms with van der Waals surface area (Å²) in [5.41, 5.74) is 0. The lowest BCUT2D eigenvalue weighted by Crippen LogP contribution is -2.16. The van der Waals surface area contributed by atoms with Crippen molar-refractivity contribution in [2.24, 2.45) is 11.8 Å². The molecule has 2 rings (SSSR count). The van der Waals surface area contributed by atoms with Crippen LogP contribution in [0.3, 0.4) is 0 Å². The normalized spacial score (nSPS) is 32.2. The number of hydrogen-bond donors (Lipinski definition) is 0. The van der Waals surface area contributed by atoms with E-state index in [4.69, 9.17) is 0 Å². The Morgan fingerprint density at radius 3 is 1.55 bits per heavy atom. The van der Waals surface area contributed by atoms with Gasteiger partial charge in [-0.1, -0.05) is 27.7 Å². The van der Waals surface area contributed by atoms with Gasteiger partial charge in [-0.2, -0.15) is 0 Å². The third-order valence-corrected chi connectivity index (χ3v) is 2.91. The smallest absolute Gasteiger partial charge is 0.0236 e. The maximum Gasteiger partial charge on any atom is 0.0236 e. The Balaban J connectivity index is 0.000000110. The van der Waals surface area contributed by atoms with E-state index in [0.29, 0.717) is 0 Å². The molecule has 2 saturated heterocycles. The summed E-state index contributed by atoms with van der Waals surface area (Å²) >= 11 is 0. The predicted molar refractivity (Wildman–Crippen MR) is 49.7 cm³/mol. The highest BCUT2D eigenvalue weighted by Crippen LogP contribution is 2.30. The third kappa shape index (κ3) is 2.82. The first-order valence-corrected chi connectivity index (χ1v) is 4.85. The van der Waals surface area contributed by atoms with Crippen LogP contribution in [0, 0.1) is 11.8 Å². The van der Waals surface area contributed by atoms with E-state index in [9.17, 15) is 0 Å². The van der Waals surface area contributed by atoms with E-state index in [1.807, 2.05) is 0 Å². The summed E-state index contributed by atoms with van der Waals surface area (Å²) in [7, 11) is 0. The maximum atomic E-state index is 2.47. The molecule has 1 heteroatoms. The van der Waals surface area contributed by atoms with Crippen LogP contribution in [0.25, 0.3) is 0 Å². The summed E-state index contributed by atoms with van der Waals surface area (Å²) in [5, 5.41) is 0. The van der Waals surface area contributed by atoms with Crippen LogP contribution in [-0.2, 0) is 0 Å². The molecule has 0 aromatic rings. The van der Waals surface area contributed by atoms with Gasteiger partial charge in [-0.05, 0) is 18.3 Å². The van der Waals surface area contributed by atoms with Crippen LogP contribution in [0.5, 0.6) is 0 Å². The van der Waals surface area contributed by atoms with Crippen molar-refractivity contribution in [3.8, 4) is 0 Å². The lowest BCUT2D eigenvalue weighted by Gasteiger charge is -2.08. The minimum atomic E-state index is 0.852. The molecule has 2 aliphatic heterocycles. The van der Waals surface area contributed by atoms with Gasteiger partial charge in [0.05, 0.1) is 0 Å². The molecule has 0 aliphatic carbocycles. The quantitative estimate of drug-likeness (QED) is 0.525. The molecular weight excluding hydrogens is 134 g/mol. The van der Waals surface area contributed by atoms with Gasteiger partial charge in [-0.25, -0.2) is 0 Å². The van der Waals surface area contributed by atoms with Crippen molar-refractivity contribution >= 4 is 0 Å². The molecule has 0 radical (unpaired) electrons. The van der Waals surface area contributed by atoms with Crippen molar-refractivity contribution in [3.63, 3.8) is 0 Å². The molecule has 0 bridgehead atoms. The van der Waals surface area contributed by atoms with Crippen LogP contribution >= 0.6 is 0 Å². The lowest BCUT2D eigenvalue weighted by atomic mass is 10.0. The summed E-state index contributed by atoms with van der Waals surface area (Å²) < 4.78 is 0. The Morgan fingerprint density at radius 1 is 1.09 bits per heavy atom. The third-order valence-electron chi connectivity index (χ3n) is 2.91. The molecule has 0 saturated carbocycles. The molecule has 0 amide bonds. The van der Waals surface area contributed by atoms with Crippen LogP contribution in [0.15, 0.2) is 0 Å². The van der Waals surface area contributed by atoms with Crippen LogP contribution in [-0.4, -0.2) is 24.0 Å². The molecule has 2 aliphatic rings.